The molecule has 0 aromatic rings. The predicted molar refractivity (Wildman–Crippen MR) is 211 cm³/mol. The van der Waals surface area contributed by atoms with E-state index in [4.69, 9.17) is 18.5 Å². The third-order valence-electron chi connectivity index (χ3n) is 9.53. The average Bonchev–Trinajstić information content (AvgIpc) is 3.07. The molecule has 3 atom stereocenters. The van der Waals surface area contributed by atoms with E-state index in [2.05, 4.69) is 13.8 Å². The fourth-order valence-corrected chi connectivity index (χ4v) is 6.76. The van der Waals surface area contributed by atoms with E-state index in [9.17, 15) is 19.0 Å². The van der Waals surface area contributed by atoms with Crippen LogP contribution in [0.1, 0.15) is 194 Å². The van der Waals surface area contributed by atoms with Crippen LogP contribution in [0.2, 0.25) is 0 Å². The SMILES string of the molecule is CCCCCCCCCCCCCCCC(=O)O[C@H](COC(=O)C(C)CCCCCCCCCCCCCC)COP(=O)(O)OCC[N+](C)(C)C. The maximum Gasteiger partial charge on any atom is 0.472 e. The van der Waals surface area contributed by atoms with Crippen molar-refractivity contribution in [2.75, 3.05) is 47.5 Å². The van der Waals surface area contributed by atoms with Crippen LogP contribution in [0.3, 0.4) is 0 Å². The zero-order chi connectivity index (χ0) is 38.1. The summed E-state index contributed by atoms with van der Waals surface area (Å²) in [5, 5.41) is 0. The second-order valence-corrected chi connectivity index (χ2v) is 17.4. The predicted octanol–water partition coefficient (Wildman–Crippen LogP) is 11.5. The van der Waals surface area contributed by atoms with Crippen molar-refractivity contribution >= 4 is 19.8 Å². The number of esters is 2. The van der Waals surface area contributed by atoms with Crippen molar-refractivity contribution in [1.82, 2.24) is 0 Å². The Bertz CT molecular complexity index is 865. The number of carbonyl (C=O) groups excluding carboxylic acids is 2. The van der Waals surface area contributed by atoms with Gasteiger partial charge in [-0.25, -0.2) is 4.57 Å². The molecule has 1 N–H and O–H groups in total. The van der Waals surface area contributed by atoms with E-state index in [1.165, 1.54) is 128 Å². The quantitative estimate of drug-likeness (QED) is 0.0288. The molecule has 2 unspecified atom stereocenters. The Morgan fingerprint density at radius 3 is 1.45 bits per heavy atom. The van der Waals surface area contributed by atoms with Gasteiger partial charge in [-0.2, -0.15) is 0 Å². The molecule has 0 aromatic carbocycles. The van der Waals surface area contributed by atoms with Gasteiger partial charge in [0, 0.05) is 6.42 Å². The Kier molecular flexibility index (Phi) is 32.9. The summed E-state index contributed by atoms with van der Waals surface area (Å²) in [5.41, 5.74) is 0. The minimum absolute atomic E-state index is 0.0341. The maximum atomic E-state index is 12.8. The van der Waals surface area contributed by atoms with Crippen LogP contribution in [0.5, 0.6) is 0 Å². The van der Waals surface area contributed by atoms with Gasteiger partial charge in [0.2, 0.25) is 0 Å². The number of hydrogen-bond acceptors (Lipinski definition) is 7. The first-order chi connectivity index (χ1) is 24.4. The largest absolute Gasteiger partial charge is 0.472 e. The molecule has 0 rings (SSSR count). The zero-order valence-electron chi connectivity index (χ0n) is 34.3. The second kappa shape index (κ2) is 33.6. The van der Waals surface area contributed by atoms with Crippen LogP contribution >= 0.6 is 7.82 Å². The molecular weight excluding hydrogens is 665 g/mol. The van der Waals surface area contributed by atoms with E-state index in [1.807, 2.05) is 28.1 Å². The molecule has 0 aliphatic heterocycles. The molecule has 0 fully saturated rings. The molecular formula is C41H83NO8P+. The summed E-state index contributed by atoms with van der Waals surface area (Å²) in [7, 11) is 1.48. The molecule has 0 aromatic heterocycles. The number of carbonyl (C=O) groups is 2. The lowest BCUT2D eigenvalue weighted by molar-refractivity contribution is -0.870. The molecule has 0 amide bonds. The van der Waals surface area contributed by atoms with Crippen molar-refractivity contribution in [2.24, 2.45) is 5.92 Å². The number of quaternary nitrogens is 1. The molecule has 0 heterocycles. The van der Waals surface area contributed by atoms with Crippen LogP contribution in [0.4, 0.5) is 0 Å². The van der Waals surface area contributed by atoms with Gasteiger partial charge in [-0.15, -0.1) is 0 Å². The van der Waals surface area contributed by atoms with Crippen molar-refractivity contribution in [1.29, 1.82) is 0 Å². The first-order valence-corrected chi connectivity index (χ1v) is 22.7. The number of nitrogens with zero attached hydrogens (tertiary/aromatic N) is 1. The number of likely N-dealkylation sites (N-methyl/N-ethyl adjacent to an activating group) is 1. The lowest BCUT2D eigenvalue weighted by Crippen LogP contribution is -2.37. The van der Waals surface area contributed by atoms with Crippen molar-refractivity contribution in [3.8, 4) is 0 Å². The maximum absolute atomic E-state index is 12.8. The summed E-state index contributed by atoms with van der Waals surface area (Å²) in [6.07, 6.45) is 31.0. The van der Waals surface area contributed by atoms with Gasteiger partial charge in [-0.05, 0) is 12.8 Å². The van der Waals surface area contributed by atoms with Crippen LogP contribution in [-0.2, 0) is 32.7 Å². The smallest absolute Gasteiger partial charge is 0.461 e. The highest BCUT2D eigenvalue weighted by molar-refractivity contribution is 7.47. The van der Waals surface area contributed by atoms with Gasteiger partial charge in [0.1, 0.15) is 19.8 Å². The van der Waals surface area contributed by atoms with Crippen LogP contribution in [0, 0.1) is 5.92 Å². The van der Waals surface area contributed by atoms with E-state index in [-0.39, 0.29) is 31.5 Å². The van der Waals surface area contributed by atoms with Crippen LogP contribution in [-0.4, -0.2) is 74.9 Å². The summed E-state index contributed by atoms with van der Waals surface area (Å²) < 4.78 is 34.5. The van der Waals surface area contributed by atoms with Crippen LogP contribution in [0.15, 0.2) is 0 Å². The zero-order valence-corrected chi connectivity index (χ0v) is 35.2. The second-order valence-electron chi connectivity index (χ2n) is 15.9. The van der Waals surface area contributed by atoms with Gasteiger partial charge in [0.05, 0.1) is 33.7 Å². The van der Waals surface area contributed by atoms with E-state index in [0.717, 1.165) is 32.1 Å². The Hall–Kier alpha value is -0.990. The molecule has 0 bridgehead atoms. The average molecular weight is 749 g/mol. The summed E-state index contributed by atoms with van der Waals surface area (Å²) >= 11 is 0. The number of phosphoric acid groups is 1. The molecule has 0 spiro atoms. The number of phosphoric ester groups is 1. The minimum atomic E-state index is -4.37. The highest BCUT2D eigenvalue weighted by atomic mass is 31.2. The molecule has 0 saturated heterocycles. The molecule has 0 saturated carbocycles. The lowest BCUT2D eigenvalue weighted by atomic mass is 10.0. The summed E-state index contributed by atoms with van der Waals surface area (Å²) in [6, 6.07) is 0. The first-order valence-electron chi connectivity index (χ1n) is 21.2. The Labute approximate surface area is 314 Å². The van der Waals surface area contributed by atoms with Gasteiger partial charge in [0.15, 0.2) is 6.10 Å². The van der Waals surface area contributed by atoms with Gasteiger partial charge >= 0.3 is 19.8 Å². The Morgan fingerprint density at radius 1 is 0.608 bits per heavy atom. The fraction of sp³-hybridized carbons (Fsp3) is 0.951. The molecule has 0 aliphatic rings. The molecule has 51 heavy (non-hydrogen) atoms. The highest BCUT2D eigenvalue weighted by Crippen LogP contribution is 2.43. The molecule has 0 aliphatic carbocycles. The molecule has 304 valence electrons. The van der Waals surface area contributed by atoms with Gasteiger partial charge in [-0.1, -0.05) is 175 Å². The first kappa shape index (κ1) is 50.0. The van der Waals surface area contributed by atoms with E-state index >= 15 is 0 Å². The van der Waals surface area contributed by atoms with Gasteiger partial charge in [-0.3, -0.25) is 18.6 Å². The Morgan fingerprint density at radius 2 is 1.02 bits per heavy atom. The van der Waals surface area contributed by atoms with Crippen molar-refractivity contribution in [3.63, 3.8) is 0 Å². The normalized spacial score (nSPS) is 14.3. The van der Waals surface area contributed by atoms with E-state index in [1.54, 1.807) is 0 Å². The minimum Gasteiger partial charge on any atom is -0.461 e. The van der Waals surface area contributed by atoms with Crippen molar-refractivity contribution in [3.05, 3.63) is 0 Å². The van der Waals surface area contributed by atoms with E-state index in [0.29, 0.717) is 17.4 Å². The van der Waals surface area contributed by atoms with Crippen LogP contribution in [0.25, 0.3) is 0 Å². The Balaban J connectivity index is 4.49. The highest BCUT2D eigenvalue weighted by Gasteiger charge is 2.27. The molecule has 10 heteroatoms. The standard InChI is InChI=1S/C41H82NO8P/c1-7-9-11-13-15-17-19-21-23-25-27-29-31-33-40(43)50-39(37-49-51(45,46)48-35-34-42(4,5)6)36-47-41(44)38(3)32-30-28-26-24-22-20-18-16-14-12-10-8-2/h38-39H,7-37H2,1-6H3/p+1/t38?,39-/m1/s1. The third-order valence-corrected chi connectivity index (χ3v) is 10.5. The topological polar surface area (TPSA) is 108 Å². The summed E-state index contributed by atoms with van der Waals surface area (Å²) in [6.45, 7) is 6.28. The summed E-state index contributed by atoms with van der Waals surface area (Å²) in [4.78, 5) is 35.7. The third kappa shape index (κ3) is 35.8. The number of ether oxygens (including phenoxy) is 2. The molecule has 0 radical (unpaired) electrons. The molecule has 9 nitrogen and oxygen atoms in total. The number of unbranched alkanes of at least 4 members (excludes halogenated alkanes) is 23. The summed E-state index contributed by atoms with van der Waals surface area (Å²) in [5.74, 6) is -1.06. The number of rotatable bonds is 38. The van der Waals surface area contributed by atoms with Crippen molar-refractivity contribution < 1.29 is 42.1 Å². The monoisotopic (exact) mass is 749 g/mol. The van der Waals surface area contributed by atoms with Gasteiger partial charge < -0.3 is 18.9 Å². The van der Waals surface area contributed by atoms with Crippen molar-refractivity contribution in [2.45, 2.75) is 200 Å². The lowest BCUT2D eigenvalue weighted by Gasteiger charge is -2.24. The van der Waals surface area contributed by atoms with Gasteiger partial charge in [0.25, 0.3) is 0 Å². The fourth-order valence-electron chi connectivity index (χ4n) is 6.02. The van der Waals surface area contributed by atoms with E-state index < -0.39 is 26.5 Å². The van der Waals surface area contributed by atoms with Crippen LogP contribution < -0.4 is 0 Å². The number of hydrogen-bond donors (Lipinski definition) is 1.